The molecule has 0 aromatic heterocycles. The van der Waals surface area contributed by atoms with E-state index in [0.717, 1.165) is 52.0 Å². The molecule has 35 heavy (non-hydrogen) atoms. The number of nitrogens with one attached hydrogen (secondary N) is 1. The molecule has 0 unspecified atom stereocenters. The van der Waals surface area contributed by atoms with E-state index in [0.29, 0.717) is 19.4 Å². The van der Waals surface area contributed by atoms with E-state index < -0.39 is 34.1 Å². The van der Waals surface area contributed by atoms with Gasteiger partial charge in [0.05, 0.1) is 16.7 Å². The van der Waals surface area contributed by atoms with Crippen LogP contribution in [0.15, 0.2) is 77.7 Å². The SMILES string of the molecule is CC(C)Oc1cccc(CCCNC(=O)CN(c2ccc(F)cc2)S(=O)(=O)c2ccc(F)cc2)c1. The van der Waals surface area contributed by atoms with Crippen LogP contribution in [0.1, 0.15) is 25.8 Å². The van der Waals surface area contributed by atoms with Crippen molar-refractivity contribution in [2.24, 2.45) is 0 Å². The van der Waals surface area contributed by atoms with Gasteiger partial charge >= 0.3 is 0 Å². The first-order valence-electron chi connectivity index (χ1n) is 11.2. The largest absolute Gasteiger partial charge is 0.491 e. The lowest BCUT2D eigenvalue weighted by molar-refractivity contribution is -0.119. The molecule has 0 aliphatic rings. The minimum absolute atomic E-state index is 0.0692. The van der Waals surface area contributed by atoms with Gasteiger partial charge in [0.25, 0.3) is 10.0 Å². The highest BCUT2D eigenvalue weighted by Crippen LogP contribution is 2.24. The molecule has 9 heteroatoms. The summed E-state index contributed by atoms with van der Waals surface area (Å²) < 4.78 is 59.7. The molecule has 1 amide bonds. The van der Waals surface area contributed by atoms with Crippen LogP contribution in [-0.2, 0) is 21.2 Å². The van der Waals surface area contributed by atoms with E-state index in [2.05, 4.69) is 5.32 Å². The lowest BCUT2D eigenvalue weighted by Crippen LogP contribution is -2.41. The van der Waals surface area contributed by atoms with Crippen LogP contribution in [0.25, 0.3) is 0 Å². The Kier molecular flexibility index (Phi) is 8.81. The van der Waals surface area contributed by atoms with Gasteiger partial charge in [0.2, 0.25) is 5.91 Å². The van der Waals surface area contributed by atoms with E-state index >= 15 is 0 Å². The first-order valence-corrected chi connectivity index (χ1v) is 12.7. The number of carbonyl (C=O) groups excluding carboxylic acids is 1. The maximum Gasteiger partial charge on any atom is 0.264 e. The lowest BCUT2D eigenvalue weighted by Gasteiger charge is -2.24. The molecule has 0 spiro atoms. The molecule has 0 radical (unpaired) electrons. The summed E-state index contributed by atoms with van der Waals surface area (Å²) in [7, 11) is -4.20. The average molecular weight is 503 g/mol. The van der Waals surface area contributed by atoms with Gasteiger partial charge in [-0.15, -0.1) is 0 Å². The van der Waals surface area contributed by atoms with E-state index in [1.54, 1.807) is 0 Å². The summed E-state index contributed by atoms with van der Waals surface area (Å²) in [6.07, 6.45) is 1.41. The molecular weight excluding hydrogens is 474 g/mol. The van der Waals surface area contributed by atoms with Crippen molar-refractivity contribution in [2.75, 3.05) is 17.4 Å². The van der Waals surface area contributed by atoms with Gasteiger partial charge in [0.15, 0.2) is 0 Å². The number of nitrogens with zero attached hydrogens (tertiary/aromatic N) is 1. The Morgan fingerprint density at radius 1 is 0.971 bits per heavy atom. The van der Waals surface area contributed by atoms with Gasteiger partial charge in [0.1, 0.15) is 23.9 Å². The normalized spacial score (nSPS) is 11.3. The highest BCUT2D eigenvalue weighted by molar-refractivity contribution is 7.92. The number of aryl methyl sites for hydroxylation is 1. The number of sulfonamides is 1. The molecule has 6 nitrogen and oxygen atoms in total. The number of carbonyl (C=O) groups is 1. The van der Waals surface area contributed by atoms with Crippen molar-refractivity contribution in [3.05, 3.63) is 90.0 Å². The maximum absolute atomic E-state index is 13.4. The molecule has 186 valence electrons. The molecule has 0 saturated heterocycles. The van der Waals surface area contributed by atoms with Crippen LogP contribution in [0.3, 0.4) is 0 Å². The summed E-state index contributed by atoms with van der Waals surface area (Å²) in [5, 5.41) is 2.73. The van der Waals surface area contributed by atoms with Crippen LogP contribution in [0, 0.1) is 11.6 Å². The Bertz CT molecular complexity index is 1230. The zero-order valence-corrected chi connectivity index (χ0v) is 20.4. The summed E-state index contributed by atoms with van der Waals surface area (Å²) in [5.41, 5.74) is 1.18. The molecule has 0 aliphatic carbocycles. The van der Waals surface area contributed by atoms with Gasteiger partial charge < -0.3 is 10.1 Å². The van der Waals surface area contributed by atoms with Gasteiger partial charge in [-0.1, -0.05) is 12.1 Å². The molecule has 3 rings (SSSR count). The van der Waals surface area contributed by atoms with Crippen LogP contribution < -0.4 is 14.4 Å². The molecule has 0 aliphatic heterocycles. The predicted octanol–water partition coefficient (Wildman–Crippen LogP) is 4.70. The van der Waals surface area contributed by atoms with Gasteiger partial charge in [0, 0.05) is 6.54 Å². The van der Waals surface area contributed by atoms with Crippen LogP contribution in [0.5, 0.6) is 5.75 Å². The first-order chi connectivity index (χ1) is 16.6. The maximum atomic E-state index is 13.4. The summed E-state index contributed by atoms with van der Waals surface area (Å²) >= 11 is 0. The molecule has 3 aromatic carbocycles. The zero-order chi connectivity index (χ0) is 25.4. The average Bonchev–Trinajstić information content (AvgIpc) is 2.81. The fourth-order valence-electron chi connectivity index (χ4n) is 3.41. The van der Waals surface area contributed by atoms with E-state index in [1.807, 2.05) is 38.1 Å². The highest BCUT2D eigenvalue weighted by atomic mass is 32.2. The van der Waals surface area contributed by atoms with E-state index in [9.17, 15) is 22.0 Å². The topological polar surface area (TPSA) is 75.7 Å². The van der Waals surface area contributed by atoms with E-state index in [-0.39, 0.29) is 16.7 Å². The Morgan fingerprint density at radius 2 is 1.60 bits per heavy atom. The minimum Gasteiger partial charge on any atom is -0.491 e. The second-order valence-electron chi connectivity index (χ2n) is 8.21. The number of anilines is 1. The second kappa shape index (κ2) is 11.8. The summed E-state index contributed by atoms with van der Waals surface area (Å²) in [6.45, 7) is 3.73. The Morgan fingerprint density at radius 3 is 2.23 bits per heavy atom. The van der Waals surface area contributed by atoms with Crippen molar-refractivity contribution < 1.29 is 26.7 Å². The fourth-order valence-corrected chi connectivity index (χ4v) is 4.83. The molecule has 0 heterocycles. The van der Waals surface area contributed by atoms with Crippen molar-refractivity contribution in [1.29, 1.82) is 0 Å². The van der Waals surface area contributed by atoms with E-state index in [1.165, 1.54) is 12.1 Å². The van der Waals surface area contributed by atoms with Crippen molar-refractivity contribution in [2.45, 2.75) is 37.7 Å². The molecule has 0 fully saturated rings. The number of ether oxygens (including phenoxy) is 1. The number of halogens is 2. The molecule has 3 aromatic rings. The lowest BCUT2D eigenvalue weighted by atomic mass is 10.1. The zero-order valence-electron chi connectivity index (χ0n) is 19.6. The standard InChI is InChI=1S/C26H28F2N2O4S/c1-19(2)34-24-7-3-5-20(17-24)6-4-16-29-26(31)18-30(23-12-8-21(27)9-13-23)35(32,33)25-14-10-22(28)11-15-25/h3,5,7-15,17,19H,4,6,16,18H2,1-2H3,(H,29,31). The highest BCUT2D eigenvalue weighted by Gasteiger charge is 2.27. The molecular formula is C26H28F2N2O4S. The van der Waals surface area contributed by atoms with Crippen LogP contribution >= 0.6 is 0 Å². The van der Waals surface area contributed by atoms with Gasteiger partial charge in [-0.2, -0.15) is 0 Å². The quantitative estimate of drug-likeness (QED) is 0.386. The van der Waals surface area contributed by atoms with E-state index in [4.69, 9.17) is 4.74 Å². The van der Waals surface area contributed by atoms with Crippen LogP contribution in [0.4, 0.5) is 14.5 Å². The number of benzene rings is 3. The van der Waals surface area contributed by atoms with Gasteiger partial charge in [-0.3, -0.25) is 9.10 Å². The summed E-state index contributed by atoms with van der Waals surface area (Å²) in [6, 6.07) is 16.8. The third-order valence-corrected chi connectivity index (χ3v) is 6.83. The number of amides is 1. The van der Waals surface area contributed by atoms with Crippen LogP contribution in [-0.4, -0.2) is 33.5 Å². The van der Waals surface area contributed by atoms with Crippen molar-refractivity contribution in [1.82, 2.24) is 5.32 Å². The summed E-state index contributed by atoms with van der Waals surface area (Å²) in [5.74, 6) is -0.865. The number of rotatable bonds is 11. The Balaban J connectivity index is 1.65. The number of hydrogen-bond acceptors (Lipinski definition) is 4. The minimum atomic E-state index is -4.20. The van der Waals surface area contributed by atoms with Crippen molar-refractivity contribution in [3.63, 3.8) is 0 Å². The molecule has 0 saturated carbocycles. The monoisotopic (exact) mass is 502 g/mol. The fraction of sp³-hybridized carbons (Fsp3) is 0.269. The molecule has 0 bridgehead atoms. The first kappa shape index (κ1) is 26.2. The third-order valence-electron chi connectivity index (χ3n) is 5.04. The predicted molar refractivity (Wildman–Crippen MR) is 131 cm³/mol. The van der Waals surface area contributed by atoms with Crippen molar-refractivity contribution >= 4 is 21.6 Å². The Hall–Kier alpha value is -3.46. The van der Waals surface area contributed by atoms with Gasteiger partial charge in [-0.25, -0.2) is 17.2 Å². The molecule has 1 N–H and O–H groups in total. The van der Waals surface area contributed by atoms with Gasteiger partial charge in [-0.05, 0) is 92.9 Å². The smallest absolute Gasteiger partial charge is 0.264 e. The third kappa shape index (κ3) is 7.51. The number of hydrogen-bond donors (Lipinski definition) is 1. The van der Waals surface area contributed by atoms with Crippen LogP contribution in [0.2, 0.25) is 0 Å². The second-order valence-corrected chi connectivity index (χ2v) is 10.1. The van der Waals surface area contributed by atoms with Crippen molar-refractivity contribution in [3.8, 4) is 5.75 Å². The Labute approximate surface area is 204 Å². The summed E-state index contributed by atoms with van der Waals surface area (Å²) in [4.78, 5) is 12.5. The molecule has 0 atom stereocenters.